The molecule has 1 fully saturated rings. The number of nitrogens with one attached hydrogen (secondary N) is 1. The van der Waals surface area contributed by atoms with Gasteiger partial charge in [0.25, 0.3) is 0 Å². The van der Waals surface area contributed by atoms with Crippen LogP contribution in [0.15, 0.2) is 0 Å². The Balaban J connectivity index is 2.10. The van der Waals surface area contributed by atoms with Gasteiger partial charge in [-0.1, -0.05) is 26.7 Å². The zero-order valence-corrected chi connectivity index (χ0v) is 9.72. The molecule has 2 heteroatoms. The Morgan fingerprint density at radius 1 is 1.29 bits per heavy atom. The summed E-state index contributed by atoms with van der Waals surface area (Å²) >= 11 is 0. The summed E-state index contributed by atoms with van der Waals surface area (Å²) in [4.78, 5) is 0. The fraction of sp³-hybridized carbons (Fsp3) is 1.00. The van der Waals surface area contributed by atoms with Gasteiger partial charge in [0.2, 0.25) is 0 Å². The molecule has 1 N–H and O–H groups in total. The SMILES string of the molecule is CCCNCC(CC)OC1CCCC1. The lowest BCUT2D eigenvalue weighted by Gasteiger charge is -2.21. The molecule has 0 aromatic heterocycles. The van der Waals surface area contributed by atoms with E-state index in [-0.39, 0.29) is 0 Å². The Hall–Kier alpha value is -0.0800. The summed E-state index contributed by atoms with van der Waals surface area (Å²) in [6.07, 6.45) is 8.63. The molecular weight excluding hydrogens is 174 g/mol. The predicted octanol–water partition coefficient (Wildman–Crippen LogP) is 2.72. The molecule has 0 aromatic carbocycles. The van der Waals surface area contributed by atoms with Gasteiger partial charge in [0.1, 0.15) is 0 Å². The molecule has 0 radical (unpaired) electrons. The Bertz CT molecular complexity index is 132. The lowest BCUT2D eigenvalue weighted by molar-refractivity contribution is -0.00869. The maximum atomic E-state index is 6.04. The van der Waals surface area contributed by atoms with Crippen LogP contribution in [-0.4, -0.2) is 25.3 Å². The molecule has 14 heavy (non-hydrogen) atoms. The van der Waals surface area contributed by atoms with E-state index in [4.69, 9.17) is 4.74 Å². The maximum absolute atomic E-state index is 6.04. The minimum Gasteiger partial charge on any atom is -0.374 e. The second-order valence-electron chi connectivity index (χ2n) is 4.28. The lowest BCUT2D eigenvalue weighted by Crippen LogP contribution is -2.31. The second kappa shape index (κ2) is 7.24. The van der Waals surface area contributed by atoms with Gasteiger partial charge in [0.15, 0.2) is 0 Å². The second-order valence-corrected chi connectivity index (χ2v) is 4.28. The summed E-state index contributed by atoms with van der Waals surface area (Å²) in [5, 5.41) is 3.44. The van der Waals surface area contributed by atoms with Crippen molar-refractivity contribution in [3.63, 3.8) is 0 Å². The highest BCUT2D eigenvalue weighted by molar-refractivity contribution is 4.70. The Labute approximate surface area is 88.4 Å². The molecule has 0 aromatic rings. The van der Waals surface area contributed by atoms with Gasteiger partial charge < -0.3 is 10.1 Å². The van der Waals surface area contributed by atoms with Crippen LogP contribution < -0.4 is 5.32 Å². The highest BCUT2D eigenvalue weighted by Gasteiger charge is 2.18. The highest BCUT2D eigenvalue weighted by atomic mass is 16.5. The van der Waals surface area contributed by atoms with Crippen molar-refractivity contribution < 1.29 is 4.74 Å². The summed E-state index contributed by atoms with van der Waals surface area (Å²) in [5.41, 5.74) is 0. The van der Waals surface area contributed by atoms with E-state index >= 15 is 0 Å². The normalized spacial score (nSPS) is 20.1. The van der Waals surface area contributed by atoms with Crippen molar-refractivity contribution in [3.05, 3.63) is 0 Å². The first-order valence-electron chi connectivity index (χ1n) is 6.23. The lowest BCUT2D eigenvalue weighted by atomic mass is 10.2. The van der Waals surface area contributed by atoms with E-state index in [9.17, 15) is 0 Å². The first kappa shape index (κ1) is 12.0. The van der Waals surface area contributed by atoms with Crippen molar-refractivity contribution in [2.75, 3.05) is 13.1 Å². The van der Waals surface area contributed by atoms with E-state index in [1.807, 2.05) is 0 Å². The molecule has 1 atom stereocenters. The van der Waals surface area contributed by atoms with Crippen molar-refractivity contribution in [1.29, 1.82) is 0 Å². The van der Waals surface area contributed by atoms with Crippen LogP contribution in [0.3, 0.4) is 0 Å². The summed E-state index contributed by atoms with van der Waals surface area (Å²) in [5.74, 6) is 0. The van der Waals surface area contributed by atoms with Gasteiger partial charge >= 0.3 is 0 Å². The molecule has 0 heterocycles. The highest BCUT2D eigenvalue weighted by Crippen LogP contribution is 2.22. The molecule has 1 aliphatic rings. The molecule has 1 aliphatic carbocycles. The van der Waals surface area contributed by atoms with E-state index in [1.165, 1.54) is 32.1 Å². The Morgan fingerprint density at radius 3 is 2.57 bits per heavy atom. The van der Waals surface area contributed by atoms with Crippen molar-refractivity contribution in [3.8, 4) is 0 Å². The van der Waals surface area contributed by atoms with Crippen molar-refractivity contribution in [1.82, 2.24) is 5.32 Å². The van der Waals surface area contributed by atoms with E-state index in [1.54, 1.807) is 0 Å². The summed E-state index contributed by atoms with van der Waals surface area (Å²) in [6.45, 7) is 6.56. The molecule has 2 nitrogen and oxygen atoms in total. The average molecular weight is 199 g/mol. The molecule has 0 saturated heterocycles. The van der Waals surface area contributed by atoms with Gasteiger partial charge in [0, 0.05) is 6.54 Å². The fourth-order valence-electron chi connectivity index (χ4n) is 2.03. The smallest absolute Gasteiger partial charge is 0.0700 e. The van der Waals surface area contributed by atoms with Crippen LogP contribution in [0.2, 0.25) is 0 Å². The molecule has 1 saturated carbocycles. The van der Waals surface area contributed by atoms with E-state index in [0.717, 1.165) is 19.5 Å². The van der Waals surface area contributed by atoms with Gasteiger partial charge in [-0.3, -0.25) is 0 Å². The van der Waals surface area contributed by atoms with Crippen LogP contribution in [0.25, 0.3) is 0 Å². The van der Waals surface area contributed by atoms with Crippen molar-refractivity contribution >= 4 is 0 Å². The van der Waals surface area contributed by atoms with Crippen LogP contribution in [0.4, 0.5) is 0 Å². The zero-order valence-electron chi connectivity index (χ0n) is 9.72. The molecule has 0 aliphatic heterocycles. The molecule has 1 rings (SSSR count). The zero-order chi connectivity index (χ0) is 10.2. The molecule has 0 amide bonds. The number of rotatable bonds is 7. The van der Waals surface area contributed by atoms with E-state index in [2.05, 4.69) is 19.2 Å². The first-order chi connectivity index (χ1) is 6.86. The van der Waals surface area contributed by atoms with Gasteiger partial charge in [-0.15, -0.1) is 0 Å². The van der Waals surface area contributed by atoms with Crippen LogP contribution in [-0.2, 0) is 4.74 Å². The topological polar surface area (TPSA) is 21.3 Å². The Morgan fingerprint density at radius 2 is 2.00 bits per heavy atom. The third-order valence-corrected chi connectivity index (χ3v) is 2.94. The summed E-state index contributed by atoms with van der Waals surface area (Å²) < 4.78 is 6.04. The maximum Gasteiger partial charge on any atom is 0.0700 e. The third kappa shape index (κ3) is 4.43. The minimum absolute atomic E-state index is 0.435. The molecule has 0 bridgehead atoms. The number of hydrogen-bond acceptors (Lipinski definition) is 2. The fourth-order valence-corrected chi connectivity index (χ4v) is 2.03. The standard InChI is InChI=1S/C12H25NO/c1-3-9-13-10-11(4-2)14-12-7-5-6-8-12/h11-13H,3-10H2,1-2H3. The summed E-state index contributed by atoms with van der Waals surface area (Å²) in [7, 11) is 0. The molecule has 0 spiro atoms. The average Bonchev–Trinajstić information content (AvgIpc) is 2.69. The predicted molar refractivity (Wildman–Crippen MR) is 60.6 cm³/mol. The molecule has 84 valence electrons. The van der Waals surface area contributed by atoms with Gasteiger partial charge in [-0.2, -0.15) is 0 Å². The van der Waals surface area contributed by atoms with Crippen LogP contribution in [0, 0.1) is 0 Å². The quantitative estimate of drug-likeness (QED) is 0.637. The van der Waals surface area contributed by atoms with E-state index in [0.29, 0.717) is 12.2 Å². The van der Waals surface area contributed by atoms with E-state index < -0.39 is 0 Å². The molecule has 1 unspecified atom stereocenters. The number of ether oxygens (including phenoxy) is 1. The van der Waals surface area contributed by atoms with Crippen LogP contribution in [0.5, 0.6) is 0 Å². The Kier molecular flexibility index (Phi) is 6.20. The monoisotopic (exact) mass is 199 g/mol. The third-order valence-electron chi connectivity index (χ3n) is 2.94. The number of hydrogen-bond donors (Lipinski definition) is 1. The van der Waals surface area contributed by atoms with Gasteiger partial charge in [-0.25, -0.2) is 0 Å². The van der Waals surface area contributed by atoms with Crippen LogP contribution in [0.1, 0.15) is 52.4 Å². The van der Waals surface area contributed by atoms with Crippen molar-refractivity contribution in [2.45, 2.75) is 64.6 Å². The summed E-state index contributed by atoms with van der Waals surface area (Å²) in [6, 6.07) is 0. The largest absolute Gasteiger partial charge is 0.374 e. The van der Waals surface area contributed by atoms with Gasteiger partial charge in [0.05, 0.1) is 12.2 Å². The van der Waals surface area contributed by atoms with Crippen LogP contribution >= 0.6 is 0 Å². The van der Waals surface area contributed by atoms with Gasteiger partial charge in [-0.05, 0) is 32.2 Å². The first-order valence-corrected chi connectivity index (χ1v) is 6.23. The molecular formula is C12H25NO. The van der Waals surface area contributed by atoms with Crippen molar-refractivity contribution in [2.24, 2.45) is 0 Å². The minimum atomic E-state index is 0.435.